The Labute approximate surface area is 121 Å². The molecule has 1 aromatic rings. The lowest BCUT2D eigenvalue weighted by atomic mass is 9.83. The van der Waals surface area contributed by atoms with E-state index in [0.717, 1.165) is 31.6 Å². The molecule has 1 heterocycles. The van der Waals surface area contributed by atoms with E-state index in [9.17, 15) is 4.79 Å². The van der Waals surface area contributed by atoms with Crippen molar-refractivity contribution in [3.8, 4) is 0 Å². The minimum atomic E-state index is -0.465. The van der Waals surface area contributed by atoms with E-state index in [2.05, 4.69) is 10.6 Å². The van der Waals surface area contributed by atoms with Gasteiger partial charge in [-0.05, 0) is 44.8 Å². The summed E-state index contributed by atoms with van der Waals surface area (Å²) in [6.07, 6.45) is 1.16. The van der Waals surface area contributed by atoms with Crippen molar-refractivity contribution in [2.45, 2.75) is 25.7 Å². The van der Waals surface area contributed by atoms with Gasteiger partial charge in [0.2, 0.25) is 5.91 Å². The predicted molar refractivity (Wildman–Crippen MR) is 80.7 cm³/mol. The summed E-state index contributed by atoms with van der Waals surface area (Å²) in [4.78, 5) is 12.3. The molecule has 1 aromatic carbocycles. The number of carbonyl (C=O) groups is 1. The number of rotatable bonds is 4. The van der Waals surface area contributed by atoms with Crippen LogP contribution >= 0.6 is 12.4 Å². The fourth-order valence-electron chi connectivity index (χ4n) is 2.33. The monoisotopic (exact) mass is 282 g/mol. The van der Waals surface area contributed by atoms with Crippen LogP contribution in [0.4, 0.5) is 0 Å². The van der Waals surface area contributed by atoms with Gasteiger partial charge in [-0.25, -0.2) is 0 Å². The highest BCUT2D eigenvalue weighted by Crippen LogP contribution is 2.23. The second-order valence-electron chi connectivity index (χ2n) is 5.56. The van der Waals surface area contributed by atoms with Crippen molar-refractivity contribution in [2.24, 2.45) is 5.92 Å². The molecule has 1 unspecified atom stereocenters. The average molecular weight is 283 g/mol. The normalized spacial score (nSPS) is 18.7. The van der Waals surface area contributed by atoms with Crippen molar-refractivity contribution < 1.29 is 4.79 Å². The first-order chi connectivity index (χ1) is 8.60. The maximum Gasteiger partial charge on any atom is 0.230 e. The number of nitrogens with one attached hydrogen (secondary N) is 2. The van der Waals surface area contributed by atoms with Crippen LogP contribution < -0.4 is 10.6 Å². The minimum Gasteiger partial charge on any atom is -0.355 e. The molecule has 0 spiro atoms. The topological polar surface area (TPSA) is 41.1 Å². The quantitative estimate of drug-likeness (QED) is 0.888. The third kappa shape index (κ3) is 3.95. The van der Waals surface area contributed by atoms with Gasteiger partial charge in [-0.15, -0.1) is 12.4 Å². The summed E-state index contributed by atoms with van der Waals surface area (Å²) >= 11 is 0. The highest BCUT2D eigenvalue weighted by atomic mass is 35.5. The molecule has 1 aliphatic rings. The second-order valence-corrected chi connectivity index (χ2v) is 5.56. The van der Waals surface area contributed by atoms with Crippen LogP contribution in [0.25, 0.3) is 0 Å². The molecule has 1 atom stereocenters. The van der Waals surface area contributed by atoms with Crippen LogP contribution in [0, 0.1) is 5.92 Å². The van der Waals surface area contributed by atoms with E-state index in [-0.39, 0.29) is 18.3 Å². The Morgan fingerprint density at radius 3 is 2.63 bits per heavy atom. The van der Waals surface area contributed by atoms with Gasteiger partial charge >= 0.3 is 0 Å². The van der Waals surface area contributed by atoms with Gasteiger partial charge in [0.1, 0.15) is 0 Å². The SMILES string of the molecule is CC(C)(C(=O)NCC1CCNC1)c1ccccc1.Cl. The molecular formula is C15H23ClN2O. The first-order valence-electron chi connectivity index (χ1n) is 6.65. The van der Waals surface area contributed by atoms with Gasteiger partial charge in [-0.3, -0.25) is 4.79 Å². The van der Waals surface area contributed by atoms with Crippen molar-refractivity contribution in [1.29, 1.82) is 0 Å². The fraction of sp³-hybridized carbons (Fsp3) is 0.533. The van der Waals surface area contributed by atoms with Crippen LogP contribution in [-0.2, 0) is 10.2 Å². The summed E-state index contributed by atoms with van der Waals surface area (Å²) < 4.78 is 0. The van der Waals surface area contributed by atoms with Crippen LogP contribution in [-0.4, -0.2) is 25.5 Å². The lowest BCUT2D eigenvalue weighted by molar-refractivity contribution is -0.125. The predicted octanol–water partition coefficient (Wildman–Crippen LogP) is 2.11. The van der Waals surface area contributed by atoms with Gasteiger partial charge in [0.15, 0.2) is 0 Å². The van der Waals surface area contributed by atoms with E-state index in [4.69, 9.17) is 0 Å². The van der Waals surface area contributed by atoms with E-state index in [0.29, 0.717) is 5.92 Å². The summed E-state index contributed by atoms with van der Waals surface area (Å²) in [5.74, 6) is 0.695. The lowest BCUT2D eigenvalue weighted by Crippen LogP contribution is -2.42. The molecular weight excluding hydrogens is 260 g/mol. The largest absolute Gasteiger partial charge is 0.355 e. The van der Waals surface area contributed by atoms with Crippen molar-refractivity contribution in [1.82, 2.24) is 10.6 Å². The van der Waals surface area contributed by atoms with Crippen LogP contribution in [0.3, 0.4) is 0 Å². The molecule has 1 aliphatic heterocycles. The molecule has 1 fully saturated rings. The van der Waals surface area contributed by atoms with Crippen LogP contribution in [0.2, 0.25) is 0 Å². The summed E-state index contributed by atoms with van der Waals surface area (Å²) in [5.41, 5.74) is 0.597. The van der Waals surface area contributed by atoms with Gasteiger partial charge in [0.25, 0.3) is 0 Å². The van der Waals surface area contributed by atoms with E-state index < -0.39 is 5.41 Å². The Hall–Kier alpha value is -1.06. The van der Waals surface area contributed by atoms with E-state index >= 15 is 0 Å². The molecule has 2 N–H and O–H groups in total. The zero-order valence-electron chi connectivity index (χ0n) is 11.6. The molecule has 3 nitrogen and oxygen atoms in total. The molecule has 1 saturated heterocycles. The van der Waals surface area contributed by atoms with Gasteiger partial charge < -0.3 is 10.6 Å². The fourth-order valence-corrected chi connectivity index (χ4v) is 2.33. The number of hydrogen-bond acceptors (Lipinski definition) is 2. The molecule has 0 saturated carbocycles. The molecule has 4 heteroatoms. The third-order valence-corrected chi connectivity index (χ3v) is 3.78. The first kappa shape index (κ1) is 16.0. The third-order valence-electron chi connectivity index (χ3n) is 3.78. The van der Waals surface area contributed by atoms with Crippen molar-refractivity contribution >= 4 is 18.3 Å². The molecule has 1 amide bonds. The number of halogens is 1. The van der Waals surface area contributed by atoms with Crippen LogP contribution in [0.5, 0.6) is 0 Å². The maximum absolute atomic E-state index is 12.3. The smallest absolute Gasteiger partial charge is 0.230 e. The Morgan fingerprint density at radius 1 is 1.37 bits per heavy atom. The maximum atomic E-state index is 12.3. The van der Waals surface area contributed by atoms with Gasteiger partial charge in [-0.2, -0.15) is 0 Å². The molecule has 106 valence electrons. The van der Waals surface area contributed by atoms with Crippen LogP contribution in [0.15, 0.2) is 30.3 Å². The Morgan fingerprint density at radius 2 is 2.05 bits per heavy atom. The first-order valence-corrected chi connectivity index (χ1v) is 6.65. The summed E-state index contributed by atoms with van der Waals surface area (Å²) in [5, 5.41) is 6.40. The highest BCUT2D eigenvalue weighted by Gasteiger charge is 2.29. The Bertz CT molecular complexity index is 400. The Balaban J connectivity index is 0.00000180. The molecule has 0 bridgehead atoms. The number of benzene rings is 1. The minimum absolute atomic E-state index is 0. The van der Waals surface area contributed by atoms with Gasteiger partial charge in [0, 0.05) is 6.54 Å². The standard InChI is InChI=1S/C15H22N2O.ClH/c1-15(2,13-6-4-3-5-7-13)14(18)17-11-12-8-9-16-10-12;/h3-7,12,16H,8-11H2,1-2H3,(H,17,18);1H. The zero-order valence-corrected chi connectivity index (χ0v) is 12.4. The molecule has 2 rings (SSSR count). The van der Waals surface area contributed by atoms with Crippen molar-refractivity contribution in [3.63, 3.8) is 0 Å². The van der Waals surface area contributed by atoms with Gasteiger partial charge in [-0.1, -0.05) is 30.3 Å². The van der Waals surface area contributed by atoms with E-state index in [1.165, 1.54) is 0 Å². The highest BCUT2D eigenvalue weighted by molar-refractivity contribution is 5.87. The number of carbonyl (C=O) groups excluding carboxylic acids is 1. The molecule has 19 heavy (non-hydrogen) atoms. The Kier molecular flexibility index (Phi) is 5.83. The van der Waals surface area contributed by atoms with Crippen LogP contribution in [0.1, 0.15) is 25.8 Å². The summed E-state index contributed by atoms with van der Waals surface area (Å²) in [6, 6.07) is 9.95. The zero-order chi connectivity index (χ0) is 13.0. The second kappa shape index (κ2) is 6.92. The summed E-state index contributed by atoms with van der Waals surface area (Å²) in [6.45, 7) is 6.83. The van der Waals surface area contributed by atoms with Gasteiger partial charge in [0.05, 0.1) is 5.41 Å². The molecule has 0 aliphatic carbocycles. The van der Waals surface area contributed by atoms with E-state index in [1.54, 1.807) is 0 Å². The number of amides is 1. The average Bonchev–Trinajstić information content (AvgIpc) is 2.90. The van der Waals surface area contributed by atoms with Crippen molar-refractivity contribution in [2.75, 3.05) is 19.6 Å². The number of hydrogen-bond donors (Lipinski definition) is 2. The molecule has 0 radical (unpaired) electrons. The van der Waals surface area contributed by atoms with E-state index in [1.807, 2.05) is 44.2 Å². The molecule has 0 aromatic heterocycles. The lowest BCUT2D eigenvalue weighted by Gasteiger charge is -2.25. The summed E-state index contributed by atoms with van der Waals surface area (Å²) in [7, 11) is 0. The van der Waals surface area contributed by atoms with Crippen molar-refractivity contribution in [3.05, 3.63) is 35.9 Å².